The number of aryl methyl sites for hydroxylation is 1. The number of hydrogen-bond acceptors (Lipinski definition) is 8. The molecule has 1 aromatic carbocycles. The van der Waals surface area contributed by atoms with Crippen molar-refractivity contribution >= 4 is 44.0 Å². The number of pyridine rings is 2. The Labute approximate surface area is 217 Å². The average molecular weight is 547 g/mol. The number of nitrogens with zero attached hydrogens (tertiary/aromatic N) is 4. The van der Waals surface area contributed by atoms with Crippen LogP contribution in [0, 0.1) is 6.92 Å². The molecular weight excluding hydrogens is 521 g/mol. The SMILES string of the molecule is Cc1nc2c(Nc3ccccc3S(C)(=O)=O)cc(Nc3cccc(C(F)(F)F)n3)nc2n1C1CCCCO1. The first-order valence-electron chi connectivity index (χ1n) is 11.9. The van der Waals surface area contributed by atoms with E-state index in [1.165, 1.54) is 18.2 Å². The van der Waals surface area contributed by atoms with E-state index in [4.69, 9.17) is 4.74 Å². The van der Waals surface area contributed by atoms with E-state index in [-0.39, 0.29) is 22.8 Å². The Bertz CT molecular complexity index is 1600. The summed E-state index contributed by atoms with van der Waals surface area (Å²) in [6.45, 7) is 2.40. The molecule has 0 radical (unpaired) electrons. The van der Waals surface area contributed by atoms with Crippen LogP contribution in [-0.4, -0.2) is 40.8 Å². The summed E-state index contributed by atoms with van der Waals surface area (Å²) in [6, 6.07) is 11.5. The summed E-state index contributed by atoms with van der Waals surface area (Å²) in [4.78, 5) is 13.1. The Hall–Kier alpha value is -3.71. The molecule has 9 nitrogen and oxygen atoms in total. The van der Waals surface area contributed by atoms with E-state index in [1.54, 1.807) is 24.3 Å². The Morgan fingerprint density at radius 1 is 0.974 bits per heavy atom. The van der Waals surface area contributed by atoms with Crippen LogP contribution in [0.4, 0.5) is 36.2 Å². The summed E-state index contributed by atoms with van der Waals surface area (Å²) < 4.78 is 72.3. The smallest absolute Gasteiger partial charge is 0.358 e. The molecule has 4 aromatic rings. The number of sulfone groups is 1. The Morgan fingerprint density at radius 2 is 1.76 bits per heavy atom. The van der Waals surface area contributed by atoms with Crippen LogP contribution in [0.1, 0.15) is 37.0 Å². The van der Waals surface area contributed by atoms with E-state index in [1.807, 2.05) is 11.5 Å². The molecule has 0 aliphatic carbocycles. The maximum atomic E-state index is 13.2. The molecular formula is C25H25F3N6O3S. The predicted molar refractivity (Wildman–Crippen MR) is 136 cm³/mol. The molecule has 2 N–H and O–H groups in total. The number of fused-ring (bicyclic) bond motifs is 1. The van der Waals surface area contributed by atoms with E-state index in [0.717, 1.165) is 31.6 Å². The fraction of sp³-hybridized carbons (Fsp3) is 0.320. The van der Waals surface area contributed by atoms with Crippen molar-refractivity contribution in [2.75, 3.05) is 23.5 Å². The van der Waals surface area contributed by atoms with Crippen molar-refractivity contribution in [2.24, 2.45) is 0 Å². The number of anilines is 4. The van der Waals surface area contributed by atoms with Gasteiger partial charge in [0, 0.05) is 18.9 Å². The highest BCUT2D eigenvalue weighted by atomic mass is 32.2. The third kappa shape index (κ3) is 5.29. The van der Waals surface area contributed by atoms with Crippen LogP contribution in [0.2, 0.25) is 0 Å². The molecule has 0 saturated carbocycles. The summed E-state index contributed by atoms with van der Waals surface area (Å²) in [7, 11) is -3.56. The highest BCUT2D eigenvalue weighted by Gasteiger charge is 2.32. The largest absolute Gasteiger partial charge is 0.433 e. The van der Waals surface area contributed by atoms with Gasteiger partial charge in [-0.15, -0.1) is 0 Å². The topological polar surface area (TPSA) is 111 Å². The van der Waals surface area contributed by atoms with E-state index >= 15 is 0 Å². The first kappa shape index (κ1) is 25.9. The van der Waals surface area contributed by atoms with Crippen LogP contribution in [0.15, 0.2) is 53.4 Å². The van der Waals surface area contributed by atoms with Crippen LogP contribution in [-0.2, 0) is 20.8 Å². The van der Waals surface area contributed by atoms with Crippen molar-refractivity contribution in [1.82, 2.24) is 19.5 Å². The molecule has 1 saturated heterocycles. The molecule has 0 spiro atoms. The highest BCUT2D eigenvalue weighted by Crippen LogP contribution is 2.35. The van der Waals surface area contributed by atoms with Gasteiger partial charge < -0.3 is 15.4 Å². The molecule has 200 valence electrons. The molecule has 3 aromatic heterocycles. The quantitative estimate of drug-likeness (QED) is 0.315. The monoisotopic (exact) mass is 546 g/mol. The van der Waals surface area contributed by atoms with Crippen LogP contribution in [0.3, 0.4) is 0 Å². The Kier molecular flexibility index (Phi) is 6.73. The molecule has 1 atom stereocenters. The number of imidazole rings is 1. The van der Waals surface area contributed by atoms with Crippen molar-refractivity contribution in [3.8, 4) is 0 Å². The van der Waals surface area contributed by atoms with Crippen molar-refractivity contribution in [2.45, 2.75) is 43.5 Å². The lowest BCUT2D eigenvalue weighted by Crippen LogP contribution is -2.19. The first-order chi connectivity index (χ1) is 18.0. The van der Waals surface area contributed by atoms with Gasteiger partial charge in [-0.2, -0.15) is 13.2 Å². The average Bonchev–Trinajstić information content (AvgIpc) is 3.20. The second-order valence-electron chi connectivity index (χ2n) is 9.00. The molecule has 0 amide bonds. The fourth-order valence-corrected chi connectivity index (χ4v) is 5.28. The van der Waals surface area contributed by atoms with E-state index < -0.39 is 21.7 Å². The lowest BCUT2D eigenvalue weighted by Gasteiger charge is -2.25. The normalized spacial score (nSPS) is 16.5. The Morgan fingerprint density at radius 3 is 2.47 bits per heavy atom. The van der Waals surface area contributed by atoms with Crippen molar-refractivity contribution < 1.29 is 26.3 Å². The van der Waals surface area contributed by atoms with Crippen LogP contribution >= 0.6 is 0 Å². The second-order valence-corrected chi connectivity index (χ2v) is 11.0. The van der Waals surface area contributed by atoms with E-state index in [0.29, 0.717) is 35.0 Å². The van der Waals surface area contributed by atoms with Crippen molar-refractivity contribution in [3.63, 3.8) is 0 Å². The van der Waals surface area contributed by atoms with E-state index in [9.17, 15) is 21.6 Å². The number of hydrogen-bond donors (Lipinski definition) is 2. The summed E-state index contributed by atoms with van der Waals surface area (Å²) in [5, 5.41) is 6.01. The van der Waals surface area contributed by atoms with Gasteiger partial charge in [0.25, 0.3) is 0 Å². The molecule has 1 fully saturated rings. The van der Waals surface area contributed by atoms with Gasteiger partial charge in [0.1, 0.15) is 34.9 Å². The molecule has 0 bridgehead atoms. The summed E-state index contributed by atoms with van der Waals surface area (Å²) in [5.74, 6) is 0.777. The van der Waals surface area contributed by atoms with Crippen LogP contribution < -0.4 is 10.6 Å². The minimum atomic E-state index is -4.61. The molecule has 4 heterocycles. The van der Waals surface area contributed by atoms with Crippen molar-refractivity contribution in [1.29, 1.82) is 0 Å². The summed E-state index contributed by atoms with van der Waals surface area (Å²) in [6.07, 6.45) is -1.15. The minimum absolute atomic E-state index is 0.0501. The van der Waals surface area contributed by atoms with Gasteiger partial charge in [0.05, 0.1) is 16.3 Å². The maximum Gasteiger partial charge on any atom is 0.433 e. The van der Waals surface area contributed by atoms with Crippen LogP contribution in [0.25, 0.3) is 11.2 Å². The molecule has 1 unspecified atom stereocenters. The van der Waals surface area contributed by atoms with Gasteiger partial charge in [0.2, 0.25) is 0 Å². The number of benzene rings is 1. The minimum Gasteiger partial charge on any atom is -0.358 e. The molecule has 1 aliphatic rings. The van der Waals surface area contributed by atoms with Gasteiger partial charge in [-0.05, 0) is 50.5 Å². The third-order valence-corrected chi connectivity index (χ3v) is 7.27. The zero-order valence-corrected chi connectivity index (χ0v) is 21.4. The predicted octanol–water partition coefficient (Wildman–Crippen LogP) is 5.74. The van der Waals surface area contributed by atoms with Gasteiger partial charge in [0.15, 0.2) is 15.5 Å². The lowest BCUT2D eigenvalue weighted by molar-refractivity contribution is -0.141. The maximum absolute atomic E-state index is 13.2. The fourth-order valence-electron chi connectivity index (χ4n) is 4.44. The zero-order valence-electron chi connectivity index (χ0n) is 20.6. The number of halogens is 3. The number of nitrogens with one attached hydrogen (secondary N) is 2. The molecule has 13 heteroatoms. The number of alkyl halides is 3. The van der Waals surface area contributed by atoms with Crippen LogP contribution in [0.5, 0.6) is 0 Å². The zero-order chi connectivity index (χ0) is 27.1. The van der Waals surface area contributed by atoms with E-state index in [2.05, 4.69) is 25.6 Å². The molecule has 5 rings (SSSR count). The molecule has 38 heavy (non-hydrogen) atoms. The second kappa shape index (κ2) is 9.87. The van der Waals surface area contributed by atoms with Gasteiger partial charge in [-0.1, -0.05) is 18.2 Å². The third-order valence-electron chi connectivity index (χ3n) is 6.12. The number of ether oxygens (including phenoxy) is 1. The van der Waals surface area contributed by atoms with Gasteiger partial charge in [-0.3, -0.25) is 4.57 Å². The number of para-hydroxylation sites is 1. The van der Waals surface area contributed by atoms with Gasteiger partial charge in [-0.25, -0.2) is 23.4 Å². The van der Waals surface area contributed by atoms with Gasteiger partial charge >= 0.3 is 6.18 Å². The highest BCUT2D eigenvalue weighted by molar-refractivity contribution is 7.90. The van der Waals surface area contributed by atoms with Crippen molar-refractivity contribution in [3.05, 3.63) is 60.0 Å². The summed E-state index contributed by atoms with van der Waals surface area (Å²) >= 11 is 0. The number of rotatable bonds is 6. The Balaban J connectivity index is 1.64. The summed E-state index contributed by atoms with van der Waals surface area (Å²) in [5.41, 5.74) is 0.596. The standard InChI is InChI=1S/C25H25F3N6O3S/c1-15-29-23-17(30-16-8-3-4-9-18(16)38(2,35)36)14-21(32-20-11-7-10-19(31-20)25(26,27)28)33-24(23)34(15)22-12-5-6-13-37-22/h3-4,7-11,14,22H,5-6,12-13H2,1-2H3,(H2,30,31,32,33). The molecule has 1 aliphatic heterocycles. The first-order valence-corrected chi connectivity index (χ1v) is 13.8. The number of aromatic nitrogens is 4. The lowest BCUT2D eigenvalue weighted by atomic mass is 10.2.